The van der Waals surface area contributed by atoms with Gasteiger partial charge in [0.15, 0.2) is 17.3 Å². The van der Waals surface area contributed by atoms with E-state index in [4.69, 9.17) is 14.0 Å². The van der Waals surface area contributed by atoms with Gasteiger partial charge in [0.25, 0.3) is 5.91 Å². The summed E-state index contributed by atoms with van der Waals surface area (Å²) in [6.07, 6.45) is 4.09. The average Bonchev–Trinajstić information content (AvgIpc) is 3.15. The number of aliphatic imine (C=N–C) groups is 1. The van der Waals surface area contributed by atoms with E-state index in [0.717, 1.165) is 5.56 Å². The van der Waals surface area contributed by atoms with Crippen LogP contribution in [0.2, 0.25) is 0 Å². The fraction of sp³-hybridized carbons (Fsp3) is 0.222. The molecule has 8 nitrogen and oxygen atoms in total. The molecule has 0 aliphatic carbocycles. The van der Waals surface area contributed by atoms with Gasteiger partial charge < -0.3 is 19.3 Å². The summed E-state index contributed by atoms with van der Waals surface area (Å²) < 4.78 is 15.8. The van der Waals surface area contributed by atoms with E-state index in [1.807, 2.05) is 6.07 Å². The molecule has 1 aliphatic heterocycles. The zero-order valence-electron chi connectivity index (χ0n) is 14.3. The number of hydrogen-bond acceptors (Lipinski definition) is 6. The van der Waals surface area contributed by atoms with Crippen LogP contribution >= 0.6 is 0 Å². The number of dihydropyridines is 1. The average molecular weight is 355 g/mol. The number of amides is 2. The van der Waals surface area contributed by atoms with Crippen molar-refractivity contribution in [3.8, 4) is 22.8 Å². The SMILES string of the molecule is COc1ccc(-c2cc(CNC(=O)C3C=CC(=O)N=C3)no2)cc1OC. The second kappa shape index (κ2) is 7.64. The fourth-order valence-electron chi connectivity index (χ4n) is 2.40. The number of nitrogens with zero attached hydrogens (tertiary/aromatic N) is 2. The number of rotatable bonds is 6. The lowest BCUT2D eigenvalue weighted by molar-refractivity contribution is -0.122. The van der Waals surface area contributed by atoms with Gasteiger partial charge in [-0.15, -0.1) is 0 Å². The van der Waals surface area contributed by atoms with Gasteiger partial charge in [-0.05, 0) is 18.2 Å². The zero-order chi connectivity index (χ0) is 18.5. The van der Waals surface area contributed by atoms with Gasteiger partial charge in [0.1, 0.15) is 5.69 Å². The van der Waals surface area contributed by atoms with Crippen molar-refractivity contribution in [2.24, 2.45) is 10.9 Å². The predicted octanol–water partition coefficient (Wildman–Crippen LogP) is 1.76. The van der Waals surface area contributed by atoms with Crippen molar-refractivity contribution in [1.82, 2.24) is 10.5 Å². The summed E-state index contributed by atoms with van der Waals surface area (Å²) in [5.74, 6) is 0.529. The number of hydrogen-bond donors (Lipinski definition) is 1. The molecule has 1 unspecified atom stereocenters. The fourth-order valence-corrected chi connectivity index (χ4v) is 2.40. The van der Waals surface area contributed by atoms with Gasteiger partial charge in [-0.1, -0.05) is 11.2 Å². The molecule has 1 N–H and O–H groups in total. The minimum absolute atomic E-state index is 0.196. The van der Waals surface area contributed by atoms with Crippen LogP contribution in [0.3, 0.4) is 0 Å². The topological polar surface area (TPSA) is 103 Å². The number of benzene rings is 1. The Morgan fingerprint density at radius 2 is 2.04 bits per heavy atom. The lowest BCUT2D eigenvalue weighted by Gasteiger charge is -2.09. The smallest absolute Gasteiger partial charge is 0.269 e. The maximum absolute atomic E-state index is 12.1. The summed E-state index contributed by atoms with van der Waals surface area (Å²) in [5, 5.41) is 6.68. The van der Waals surface area contributed by atoms with E-state index in [2.05, 4.69) is 15.5 Å². The third-order valence-electron chi connectivity index (χ3n) is 3.78. The minimum Gasteiger partial charge on any atom is -0.493 e. The molecule has 2 aromatic rings. The maximum atomic E-state index is 12.1. The highest BCUT2D eigenvalue weighted by molar-refractivity contribution is 6.05. The third-order valence-corrected chi connectivity index (χ3v) is 3.78. The van der Waals surface area contributed by atoms with Crippen LogP contribution in [0.5, 0.6) is 11.5 Å². The maximum Gasteiger partial charge on any atom is 0.269 e. The van der Waals surface area contributed by atoms with E-state index in [1.165, 1.54) is 18.4 Å². The van der Waals surface area contributed by atoms with Crippen LogP contribution in [0.15, 0.2) is 45.9 Å². The van der Waals surface area contributed by atoms with Crippen LogP contribution in [0.25, 0.3) is 11.3 Å². The molecule has 0 radical (unpaired) electrons. The number of carbonyl (C=O) groups is 2. The molecule has 1 aromatic heterocycles. The van der Waals surface area contributed by atoms with Crippen LogP contribution in [0.4, 0.5) is 0 Å². The van der Waals surface area contributed by atoms with Crippen molar-refractivity contribution < 1.29 is 23.6 Å². The van der Waals surface area contributed by atoms with Crippen molar-refractivity contribution in [3.63, 3.8) is 0 Å². The summed E-state index contributed by atoms with van der Waals surface area (Å²) in [7, 11) is 3.12. The van der Waals surface area contributed by atoms with Crippen molar-refractivity contribution in [1.29, 1.82) is 0 Å². The number of ether oxygens (including phenoxy) is 2. The molecular weight excluding hydrogens is 338 g/mol. The second-order valence-corrected chi connectivity index (χ2v) is 5.47. The zero-order valence-corrected chi connectivity index (χ0v) is 14.3. The Hall–Kier alpha value is -3.42. The molecule has 0 spiro atoms. The lowest BCUT2D eigenvalue weighted by atomic mass is 10.1. The number of nitrogens with one attached hydrogen (secondary N) is 1. The van der Waals surface area contributed by atoms with Gasteiger partial charge in [-0.2, -0.15) is 0 Å². The third kappa shape index (κ3) is 3.80. The first-order valence-corrected chi connectivity index (χ1v) is 7.82. The predicted molar refractivity (Wildman–Crippen MR) is 93.0 cm³/mol. The van der Waals surface area contributed by atoms with Crippen molar-refractivity contribution in [2.45, 2.75) is 6.54 Å². The Bertz CT molecular complexity index is 869. The Morgan fingerprint density at radius 1 is 1.23 bits per heavy atom. The molecule has 1 atom stereocenters. The molecule has 26 heavy (non-hydrogen) atoms. The molecule has 0 fully saturated rings. The summed E-state index contributed by atoms with van der Waals surface area (Å²) >= 11 is 0. The van der Waals surface area contributed by atoms with Crippen LogP contribution < -0.4 is 14.8 Å². The van der Waals surface area contributed by atoms with Crippen LogP contribution in [0.1, 0.15) is 5.69 Å². The van der Waals surface area contributed by atoms with Crippen LogP contribution in [0, 0.1) is 5.92 Å². The first-order chi connectivity index (χ1) is 12.6. The van der Waals surface area contributed by atoms with E-state index in [-0.39, 0.29) is 18.4 Å². The largest absolute Gasteiger partial charge is 0.493 e. The minimum atomic E-state index is -0.565. The Labute approximate surface area is 149 Å². The lowest BCUT2D eigenvalue weighted by Crippen LogP contribution is -2.31. The molecule has 134 valence electrons. The second-order valence-electron chi connectivity index (χ2n) is 5.47. The molecule has 0 saturated heterocycles. The van der Waals surface area contributed by atoms with Gasteiger partial charge >= 0.3 is 0 Å². The quantitative estimate of drug-likeness (QED) is 0.847. The summed E-state index contributed by atoms with van der Waals surface area (Å²) in [6.45, 7) is 0.196. The van der Waals surface area contributed by atoms with E-state index in [0.29, 0.717) is 23.0 Å². The highest BCUT2D eigenvalue weighted by Gasteiger charge is 2.17. The standard InChI is InChI=1S/C18H17N3O5/c1-24-14-5-3-11(7-16(14)25-2)15-8-13(21-26-15)10-20-18(23)12-4-6-17(22)19-9-12/h3-9,12H,10H2,1-2H3,(H,20,23). The number of carbonyl (C=O) groups excluding carboxylic acids is 2. The molecule has 8 heteroatoms. The van der Waals surface area contributed by atoms with Gasteiger partial charge in [-0.25, -0.2) is 4.99 Å². The highest BCUT2D eigenvalue weighted by atomic mass is 16.5. The van der Waals surface area contributed by atoms with Gasteiger partial charge in [0.05, 0.1) is 26.7 Å². The molecule has 3 rings (SSSR count). The van der Waals surface area contributed by atoms with Crippen LogP contribution in [-0.4, -0.2) is 37.4 Å². The summed E-state index contributed by atoms with van der Waals surface area (Å²) in [4.78, 5) is 26.6. The van der Waals surface area contributed by atoms with Crippen molar-refractivity contribution in [2.75, 3.05) is 14.2 Å². The number of methoxy groups -OCH3 is 2. The normalized spacial score (nSPS) is 15.8. The molecule has 0 bridgehead atoms. The molecule has 2 amide bonds. The van der Waals surface area contributed by atoms with E-state index < -0.39 is 5.92 Å². The van der Waals surface area contributed by atoms with Gasteiger partial charge in [-0.3, -0.25) is 9.59 Å². The van der Waals surface area contributed by atoms with Crippen molar-refractivity contribution in [3.05, 3.63) is 42.1 Å². The number of aromatic nitrogens is 1. The molecule has 0 saturated carbocycles. The van der Waals surface area contributed by atoms with Gasteiger partial charge in [0, 0.05) is 23.9 Å². The Kier molecular flexibility index (Phi) is 5.12. The first-order valence-electron chi connectivity index (χ1n) is 7.82. The molecule has 1 aromatic carbocycles. The summed E-state index contributed by atoms with van der Waals surface area (Å²) in [5.41, 5.74) is 1.34. The van der Waals surface area contributed by atoms with Gasteiger partial charge in [0.2, 0.25) is 5.91 Å². The van der Waals surface area contributed by atoms with E-state index in [9.17, 15) is 9.59 Å². The van der Waals surface area contributed by atoms with E-state index in [1.54, 1.807) is 32.4 Å². The first kappa shape index (κ1) is 17.4. The highest BCUT2D eigenvalue weighted by Crippen LogP contribution is 2.32. The monoisotopic (exact) mass is 355 g/mol. The molecule has 1 aliphatic rings. The van der Waals surface area contributed by atoms with E-state index >= 15 is 0 Å². The Balaban J connectivity index is 1.65. The van der Waals surface area contributed by atoms with Crippen LogP contribution in [-0.2, 0) is 16.1 Å². The molecule has 2 heterocycles. The molecular formula is C18H17N3O5. The summed E-state index contributed by atoms with van der Waals surface area (Å²) in [6, 6.07) is 7.11. The van der Waals surface area contributed by atoms with Crippen molar-refractivity contribution >= 4 is 18.0 Å². The Morgan fingerprint density at radius 3 is 2.73 bits per heavy atom.